The molecule has 3 aliphatic carbocycles. The number of amides is 1. The van der Waals surface area contributed by atoms with E-state index < -0.39 is 107 Å². The molecule has 1 heterocycles. The second-order valence-electron chi connectivity index (χ2n) is 15.6. The number of hydrogen-bond donors (Lipinski definition) is 5. The van der Waals surface area contributed by atoms with Gasteiger partial charge >= 0.3 is 17.9 Å². The van der Waals surface area contributed by atoms with Gasteiger partial charge in [-0.15, -0.1) is 0 Å². The van der Waals surface area contributed by atoms with Gasteiger partial charge in [-0.25, -0.2) is 9.59 Å². The van der Waals surface area contributed by atoms with Crippen molar-refractivity contribution < 1.29 is 63.3 Å². The van der Waals surface area contributed by atoms with Crippen molar-refractivity contribution in [3.05, 3.63) is 82.9 Å². The molecule has 1 amide bonds. The van der Waals surface area contributed by atoms with Crippen LogP contribution in [-0.4, -0.2) is 104 Å². The van der Waals surface area contributed by atoms with Gasteiger partial charge < -0.3 is 44.7 Å². The van der Waals surface area contributed by atoms with E-state index in [0.29, 0.717) is 5.56 Å². The topological polar surface area (TPSA) is 215 Å². The van der Waals surface area contributed by atoms with Crippen LogP contribution in [-0.2, 0) is 38.1 Å². The molecule has 2 saturated carbocycles. The summed E-state index contributed by atoms with van der Waals surface area (Å²) in [6.45, 7) is 8.11. The van der Waals surface area contributed by atoms with Gasteiger partial charge in [-0.05, 0) is 42.7 Å². The van der Waals surface area contributed by atoms with Crippen LogP contribution in [0.2, 0.25) is 0 Å². The van der Waals surface area contributed by atoms with Crippen LogP contribution in [0.4, 0.5) is 0 Å². The number of ether oxygens (including phenoxy) is 4. The Morgan fingerprint density at radius 1 is 0.944 bits per heavy atom. The van der Waals surface area contributed by atoms with Gasteiger partial charge in [0, 0.05) is 32.1 Å². The van der Waals surface area contributed by atoms with Crippen LogP contribution in [0.3, 0.4) is 0 Å². The lowest BCUT2D eigenvalue weighted by atomic mass is 9.44. The van der Waals surface area contributed by atoms with Crippen LogP contribution in [0.25, 0.3) is 0 Å². The highest BCUT2D eigenvalue weighted by Gasteiger charge is 2.78. The molecule has 3 fully saturated rings. The summed E-state index contributed by atoms with van der Waals surface area (Å²) in [6, 6.07) is 14.9. The second-order valence-corrected chi connectivity index (χ2v) is 15.6. The van der Waals surface area contributed by atoms with Crippen molar-refractivity contribution in [3.63, 3.8) is 0 Å². The summed E-state index contributed by atoms with van der Waals surface area (Å²) in [5.74, 6) is -5.80. The van der Waals surface area contributed by atoms with E-state index >= 15 is 0 Å². The van der Waals surface area contributed by atoms with E-state index in [0.717, 1.165) is 6.92 Å². The standard InChI is InChI=1S/C40H47NO13/c1-20-25(52-36(49)31(46)29(41-21(2)42)23-13-9-7-10-14-23)18-40(50)34(53-35(48)24-15-11-8-12-16-24)32-38(6,33(47)30(45)28(20)37(40,4)5)26(44)17-27-39(32,19-51-27)54-22(3)43/h7-16,25-27,29-32,34,44-46,50H,17-19H2,1-6H3,(H,41,42)/t25-,26-,27?,29-,30+,31+,32?,34?,38?,39-,40+/m0/s1. The van der Waals surface area contributed by atoms with E-state index in [1.165, 1.54) is 32.9 Å². The molecule has 290 valence electrons. The fourth-order valence-electron chi connectivity index (χ4n) is 9.34. The predicted molar refractivity (Wildman–Crippen MR) is 188 cm³/mol. The molecule has 1 aliphatic heterocycles. The van der Waals surface area contributed by atoms with Crippen LogP contribution in [0.5, 0.6) is 0 Å². The number of carbonyl (C=O) groups is 5. The zero-order valence-electron chi connectivity index (χ0n) is 31.0. The number of hydrogen-bond acceptors (Lipinski definition) is 13. The maximum Gasteiger partial charge on any atom is 0.338 e. The average molecular weight is 750 g/mol. The summed E-state index contributed by atoms with van der Waals surface area (Å²) < 4.78 is 24.0. The van der Waals surface area contributed by atoms with Crippen LogP contribution < -0.4 is 5.32 Å². The monoisotopic (exact) mass is 749 g/mol. The first-order valence-corrected chi connectivity index (χ1v) is 17.9. The van der Waals surface area contributed by atoms with E-state index in [1.807, 2.05) is 0 Å². The van der Waals surface area contributed by atoms with E-state index in [2.05, 4.69) is 5.32 Å². The molecular weight excluding hydrogens is 702 g/mol. The number of nitrogens with one attached hydrogen (secondary N) is 1. The molecule has 0 aromatic heterocycles. The van der Waals surface area contributed by atoms with E-state index in [9.17, 15) is 44.4 Å². The van der Waals surface area contributed by atoms with Gasteiger partial charge in [-0.3, -0.25) is 14.4 Å². The number of fused-ring (bicyclic) bond motifs is 5. The molecule has 4 unspecified atom stereocenters. The van der Waals surface area contributed by atoms with Gasteiger partial charge in [0.1, 0.15) is 30.0 Å². The number of aliphatic hydroxyl groups is 4. The molecule has 0 spiro atoms. The Morgan fingerprint density at radius 2 is 1.56 bits per heavy atom. The highest BCUT2D eigenvalue weighted by atomic mass is 16.6. The maximum atomic E-state index is 14.9. The Labute approximate surface area is 312 Å². The van der Waals surface area contributed by atoms with Crippen molar-refractivity contribution in [1.29, 1.82) is 0 Å². The van der Waals surface area contributed by atoms with E-state index in [1.54, 1.807) is 62.4 Å². The molecule has 11 atom stereocenters. The Bertz CT molecular complexity index is 1860. The summed E-state index contributed by atoms with van der Waals surface area (Å²) in [6.07, 6.45) is -10.3. The van der Waals surface area contributed by atoms with E-state index in [-0.39, 0.29) is 29.7 Å². The summed E-state index contributed by atoms with van der Waals surface area (Å²) in [7, 11) is 0. The molecule has 4 aliphatic rings. The van der Waals surface area contributed by atoms with Crippen molar-refractivity contribution in [2.24, 2.45) is 16.7 Å². The third kappa shape index (κ3) is 6.04. The Balaban J connectivity index is 1.52. The lowest BCUT2D eigenvalue weighted by Crippen LogP contribution is -2.81. The molecule has 1 saturated heterocycles. The summed E-state index contributed by atoms with van der Waals surface area (Å²) in [5.41, 5.74) is -7.01. The number of esters is 3. The van der Waals surface area contributed by atoms with Gasteiger partial charge in [0.25, 0.3) is 0 Å². The molecule has 0 radical (unpaired) electrons. The second kappa shape index (κ2) is 14.0. The van der Waals surface area contributed by atoms with Crippen LogP contribution in [0.15, 0.2) is 71.8 Å². The van der Waals surface area contributed by atoms with Crippen molar-refractivity contribution in [2.75, 3.05) is 6.61 Å². The Kier molecular flexibility index (Phi) is 10.2. The van der Waals surface area contributed by atoms with Gasteiger partial charge in [-0.2, -0.15) is 0 Å². The van der Waals surface area contributed by atoms with Crippen molar-refractivity contribution in [3.8, 4) is 0 Å². The minimum Gasteiger partial charge on any atom is -0.456 e. The first-order valence-electron chi connectivity index (χ1n) is 17.9. The van der Waals surface area contributed by atoms with Gasteiger partial charge in [0.2, 0.25) is 5.91 Å². The maximum absolute atomic E-state index is 14.9. The predicted octanol–water partition coefficient (Wildman–Crippen LogP) is 1.87. The Morgan fingerprint density at radius 3 is 2.11 bits per heavy atom. The lowest BCUT2D eigenvalue weighted by Gasteiger charge is -2.67. The van der Waals surface area contributed by atoms with Crippen LogP contribution in [0.1, 0.15) is 76.3 Å². The van der Waals surface area contributed by atoms with Crippen molar-refractivity contribution in [1.82, 2.24) is 5.32 Å². The van der Waals surface area contributed by atoms with Gasteiger partial charge in [0.15, 0.2) is 17.5 Å². The highest BCUT2D eigenvalue weighted by molar-refractivity contribution is 5.94. The molecule has 14 nitrogen and oxygen atoms in total. The smallest absolute Gasteiger partial charge is 0.338 e. The SMILES string of the molecule is CC(=O)N[C@@H](c1ccccc1)[C@@H](O)C(=O)O[C@H]1C[C@@]2(O)C(OC(=O)c3ccccc3)C3C(C)(C(=O)[C@H](O)C(=C1C)C2(C)C)[C@@H](O)CC1OC[C@]13OC(C)=O. The summed E-state index contributed by atoms with van der Waals surface area (Å²) >= 11 is 0. The lowest BCUT2D eigenvalue weighted by molar-refractivity contribution is -0.346. The molecule has 2 aromatic carbocycles. The molecule has 54 heavy (non-hydrogen) atoms. The average Bonchev–Trinajstić information content (AvgIpc) is 3.12. The number of ketones is 1. The normalized spacial score (nSPS) is 35.0. The van der Waals surface area contributed by atoms with Crippen LogP contribution in [0, 0.1) is 16.7 Å². The van der Waals surface area contributed by atoms with Gasteiger partial charge in [-0.1, -0.05) is 62.4 Å². The van der Waals surface area contributed by atoms with Crippen molar-refractivity contribution in [2.45, 2.75) is 108 Å². The minimum absolute atomic E-state index is 0.0452. The summed E-state index contributed by atoms with van der Waals surface area (Å²) in [5, 5.41) is 51.1. The minimum atomic E-state index is -2.32. The molecule has 14 heteroatoms. The molecule has 2 aromatic rings. The first-order chi connectivity index (χ1) is 25.3. The molecule has 5 N–H and O–H groups in total. The number of rotatable bonds is 8. The third-order valence-corrected chi connectivity index (χ3v) is 12.3. The van der Waals surface area contributed by atoms with E-state index in [4.69, 9.17) is 18.9 Å². The van der Waals surface area contributed by atoms with Crippen molar-refractivity contribution >= 4 is 29.6 Å². The number of benzene rings is 2. The zero-order chi connectivity index (χ0) is 39.5. The fraction of sp³-hybridized carbons (Fsp3) is 0.525. The van der Waals surface area contributed by atoms with Crippen LogP contribution >= 0.6 is 0 Å². The largest absolute Gasteiger partial charge is 0.456 e. The highest BCUT2D eigenvalue weighted by Crippen LogP contribution is 2.64. The molecular formula is C40H47NO13. The number of Topliss-reactive ketones (excluding diaryl/α,β-unsaturated/α-hetero) is 1. The number of carbonyl (C=O) groups excluding carboxylic acids is 5. The third-order valence-electron chi connectivity index (χ3n) is 12.3. The molecule has 6 rings (SSSR count). The quantitative estimate of drug-likeness (QED) is 0.148. The Hall–Kier alpha value is -4.47. The zero-order valence-corrected chi connectivity index (χ0v) is 31.0. The van der Waals surface area contributed by atoms with Gasteiger partial charge in [0.05, 0.1) is 35.6 Å². The first kappa shape index (κ1) is 39.2. The fourth-order valence-corrected chi connectivity index (χ4v) is 9.34. The summed E-state index contributed by atoms with van der Waals surface area (Å²) in [4.78, 5) is 67.6. The molecule has 2 bridgehead atoms. The number of aliphatic hydroxyl groups excluding tert-OH is 3.